The van der Waals surface area contributed by atoms with E-state index < -0.39 is 0 Å². The molecule has 2 aromatic rings. The molecule has 0 aliphatic carbocycles. The Morgan fingerprint density at radius 3 is 2.72 bits per heavy atom. The molecule has 0 radical (unpaired) electrons. The highest BCUT2D eigenvalue weighted by molar-refractivity contribution is 5.85. The van der Waals surface area contributed by atoms with Crippen LogP contribution in [0.25, 0.3) is 10.9 Å². The zero-order valence-electron chi connectivity index (χ0n) is 9.92. The molecule has 0 aliphatic rings. The second-order valence-corrected chi connectivity index (χ2v) is 3.48. The lowest BCUT2D eigenvalue weighted by Gasteiger charge is -2.07. The van der Waals surface area contributed by atoms with Gasteiger partial charge in [0.2, 0.25) is 0 Å². The molecule has 0 spiro atoms. The normalized spacial score (nSPS) is 9.61. The van der Waals surface area contributed by atoms with Crippen LogP contribution in [0, 0.1) is 0 Å². The van der Waals surface area contributed by atoms with Gasteiger partial charge in [-0.25, -0.2) is 4.98 Å². The Bertz CT molecular complexity index is 544. The Hall–Kier alpha value is -1.14. The Balaban J connectivity index is 0.00000144. The van der Waals surface area contributed by atoms with E-state index in [2.05, 4.69) is 15.6 Å². The van der Waals surface area contributed by atoms with Crippen molar-refractivity contribution in [3.05, 3.63) is 40.9 Å². The number of fused-ring (bicyclic) bond motifs is 1. The van der Waals surface area contributed by atoms with Crippen molar-refractivity contribution in [3.8, 4) is 0 Å². The van der Waals surface area contributed by atoms with Crippen molar-refractivity contribution in [2.45, 2.75) is 6.67 Å². The van der Waals surface area contributed by atoms with Crippen LogP contribution < -0.4 is 16.2 Å². The van der Waals surface area contributed by atoms with Gasteiger partial charge < -0.3 is 5.32 Å². The van der Waals surface area contributed by atoms with Crippen molar-refractivity contribution in [1.82, 2.24) is 20.2 Å². The van der Waals surface area contributed by atoms with Crippen molar-refractivity contribution in [2.75, 3.05) is 13.7 Å². The summed E-state index contributed by atoms with van der Waals surface area (Å²) in [5.74, 6) is 0. The Labute approximate surface area is 117 Å². The largest absolute Gasteiger partial charge is 0.308 e. The second-order valence-electron chi connectivity index (χ2n) is 3.48. The zero-order chi connectivity index (χ0) is 11.4. The molecule has 1 aromatic heterocycles. The Morgan fingerprint density at radius 1 is 1.28 bits per heavy atom. The number of rotatable bonds is 4. The monoisotopic (exact) mass is 290 g/mol. The van der Waals surface area contributed by atoms with Crippen molar-refractivity contribution in [1.29, 1.82) is 0 Å². The maximum Gasteiger partial charge on any atom is 0.262 e. The lowest BCUT2D eigenvalue weighted by molar-refractivity contribution is 0.519. The lowest BCUT2D eigenvalue weighted by atomic mass is 10.2. The summed E-state index contributed by atoms with van der Waals surface area (Å²) in [4.78, 5) is 16.2. The van der Waals surface area contributed by atoms with E-state index in [1.54, 1.807) is 17.0 Å². The summed E-state index contributed by atoms with van der Waals surface area (Å²) in [6.45, 7) is 1.11. The highest BCUT2D eigenvalue weighted by Gasteiger charge is 2.01. The van der Waals surface area contributed by atoms with Gasteiger partial charge in [-0.1, -0.05) is 12.1 Å². The van der Waals surface area contributed by atoms with Gasteiger partial charge in [-0.2, -0.15) is 0 Å². The fourth-order valence-corrected chi connectivity index (χ4v) is 1.52. The molecule has 0 saturated heterocycles. The van der Waals surface area contributed by atoms with Gasteiger partial charge in [-0.15, -0.1) is 24.8 Å². The number of nitrogens with zero attached hydrogens (tertiary/aromatic N) is 2. The molecule has 0 saturated carbocycles. The summed E-state index contributed by atoms with van der Waals surface area (Å²) in [5.41, 5.74) is 0.714. The van der Waals surface area contributed by atoms with E-state index in [9.17, 15) is 4.79 Å². The first-order valence-electron chi connectivity index (χ1n) is 5.12. The molecule has 0 atom stereocenters. The fourth-order valence-electron chi connectivity index (χ4n) is 1.52. The third-order valence-corrected chi connectivity index (χ3v) is 2.32. The van der Waals surface area contributed by atoms with Crippen LogP contribution in [0.4, 0.5) is 0 Å². The van der Waals surface area contributed by atoms with E-state index in [0.29, 0.717) is 18.7 Å². The number of para-hydroxylation sites is 1. The number of aromatic nitrogens is 2. The second kappa shape index (κ2) is 8.05. The summed E-state index contributed by atoms with van der Waals surface area (Å²) in [5, 5.41) is 6.67. The van der Waals surface area contributed by atoms with E-state index in [-0.39, 0.29) is 30.4 Å². The molecule has 100 valence electrons. The maximum atomic E-state index is 12.0. The molecule has 0 unspecified atom stereocenters. The number of nitrogens with one attached hydrogen (secondary N) is 2. The molecule has 7 heteroatoms. The molecule has 0 amide bonds. The van der Waals surface area contributed by atoms with Crippen LogP contribution in [0.1, 0.15) is 0 Å². The fraction of sp³-hybridized carbons (Fsp3) is 0.273. The number of hydrogen-bond acceptors (Lipinski definition) is 4. The number of benzene rings is 1. The van der Waals surface area contributed by atoms with Gasteiger partial charge >= 0.3 is 0 Å². The molecule has 18 heavy (non-hydrogen) atoms. The average Bonchev–Trinajstić information content (AvgIpc) is 2.33. The number of hydrogen-bond donors (Lipinski definition) is 2. The molecule has 0 fully saturated rings. The minimum absolute atomic E-state index is 0. The lowest BCUT2D eigenvalue weighted by Crippen LogP contribution is -2.32. The van der Waals surface area contributed by atoms with Gasteiger partial charge in [0, 0.05) is 6.67 Å². The third-order valence-electron chi connectivity index (χ3n) is 2.32. The molecule has 0 bridgehead atoms. The first-order chi connectivity index (χ1) is 7.83. The topological polar surface area (TPSA) is 58.9 Å². The molecule has 1 aromatic carbocycles. The summed E-state index contributed by atoms with van der Waals surface area (Å²) >= 11 is 0. The van der Waals surface area contributed by atoms with E-state index in [0.717, 1.165) is 5.52 Å². The molecule has 2 rings (SSSR count). The minimum atomic E-state index is -0.0193. The Kier molecular flexibility index (Phi) is 7.54. The van der Waals surface area contributed by atoms with Gasteiger partial charge in [-0.05, 0) is 19.2 Å². The van der Waals surface area contributed by atoms with E-state index >= 15 is 0 Å². The summed E-state index contributed by atoms with van der Waals surface area (Å²) in [7, 11) is 1.84. The van der Waals surface area contributed by atoms with E-state index in [1.807, 2.05) is 25.2 Å². The highest BCUT2D eigenvalue weighted by Crippen LogP contribution is 2.03. The summed E-state index contributed by atoms with van der Waals surface area (Å²) < 4.78 is 1.56. The van der Waals surface area contributed by atoms with E-state index in [1.165, 1.54) is 0 Å². The van der Waals surface area contributed by atoms with Gasteiger partial charge in [0.05, 0.1) is 23.9 Å². The van der Waals surface area contributed by atoms with Crippen LogP contribution in [0.5, 0.6) is 0 Å². The van der Waals surface area contributed by atoms with E-state index in [4.69, 9.17) is 0 Å². The first-order valence-corrected chi connectivity index (χ1v) is 5.12. The smallest absolute Gasteiger partial charge is 0.262 e. The van der Waals surface area contributed by atoms with Gasteiger partial charge in [0.1, 0.15) is 0 Å². The minimum Gasteiger partial charge on any atom is -0.308 e. The van der Waals surface area contributed by atoms with Gasteiger partial charge in [0.25, 0.3) is 5.56 Å². The Morgan fingerprint density at radius 2 is 2.00 bits per heavy atom. The van der Waals surface area contributed by atoms with Crippen LogP contribution in [0.2, 0.25) is 0 Å². The first kappa shape index (κ1) is 16.9. The van der Waals surface area contributed by atoms with Crippen LogP contribution in [0.3, 0.4) is 0 Å². The molecule has 2 N–H and O–H groups in total. The van der Waals surface area contributed by atoms with Crippen LogP contribution >= 0.6 is 24.8 Å². The highest BCUT2D eigenvalue weighted by atomic mass is 35.5. The summed E-state index contributed by atoms with van der Waals surface area (Å²) in [6, 6.07) is 7.34. The maximum absolute atomic E-state index is 12.0. The molecule has 5 nitrogen and oxygen atoms in total. The van der Waals surface area contributed by atoms with Crippen molar-refractivity contribution in [2.24, 2.45) is 0 Å². The van der Waals surface area contributed by atoms with Gasteiger partial charge in [-0.3, -0.25) is 14.7 Å². The average molecular weight is 291 g/mol. The molecular formula is C11H16Cl2N4O. The quantitative estimate of drug-likeness (QED) is 0.651. The third kappa shape index (κ3) is 3.68. The molecule has 0 aliphatic heterocycles. The van der Waals surface area contributed by atoms with Crippen LogP contribution in [-0.4, -0.2) is 23.3 Å². The molecule has 1 heterocycles. The van der Waals surface area contributed by atoms with Crippen LogP contribution in [-0.2, 0) is 6.67 Å². The predicted octanol–water partition coefficient (Wildman–Crippen LogP) is 0.964. The predicted molar refractivity (Wildman–Crippen MR) is 77.6 cm³/mol. The van der Waals surface area contributed by atoms with Crippen LogP contribution in [0.15, 0.2) is 35.4 Å². The zero-order valence-corrected chi connectivity index (χ0v) is 11.6. The van der Waals surface area contributed by atoms with Crippen molar-refractivity contribution < 1.29 is 0 Å². The number of halogens is 2. The summed E-state index contributed by atoms with van der Waals surface area (Å²) in [6.07, 6.45) is 1.56. The van der Waals surface area contributed by atoms with Crippen molar-refractivity contribution >= 4 is 35.7 Å². The standard InChI is InChI=1S/C11H14N4O.2ClH/c1-12-6-13-7-15-8-14-10-5-3-2-4-9(10)11(15)16;;/h2-5,8,12-13H,6-7H2,1H3;2*1H. The van der Waals surface area contributed by atoms with Gasteiger partial charge in [0.15, 0.2) is 0 Å². The SMILES string of the molecule is CNCNCn1cnc2ccccc2c1=O.Cl.Cl. The molecular weight excluding hydrogens is 275 g/mol. The van der Waals surface area contributed by atoms with Crippen molar-refractivity contribution in [3.63, 3.8) is 0 Å².